The average Bonchev–Trinajstić information content (AvgIpc) is 3.01. The Morgan fingerprint density at radius 2 is 1.48 bits per heavy atom. The molecule has 0 unspecified atom stereocenters. The molecule has 1 aliphatic carbocycles. The van der Waals surface area contributed by atoms with Crippen molar-refractivity contribution in [3.8, 4) is 0 Å². The fraction of sp³-hybridized carbons (Fsp3) is 0.385. The van der Waals surface area contributed by atoms with Gasteiger partial charge in [-0.3, -0.25) is 14.5 Å². The van der Waals surface area contributed by atoms with Gasteiger partial charge in [0.2, 0.25) is 0 Å². The lowest BCUT2D eigenvalue weighted by molar-refractivity contribution is -0.140. The van der Waals surface area contributed by atoms with Crippen molar-refractivity contribution in [1.29, 1.82) is 0 Å². The number of hydrogen-bond donors (Lipinski definition) is 0. The van der Waals surface area contributed by atoms with Crippen molar-refractivity contribution in [2.24, 2.45) is 0 Å². The van der Waals surface area contributed by atoms with Crippen LogP contribution in [0.1, 0.15) is 57.4 Å². The topological polar surface area (TPSA) is 40.6 Å². The Hall–Kier alpha value is -2.95. The standard InChI is InChI=1S/C26H29FN2O2/c1-2-28(21-11-9-6-10-12-21)24-23(19-15-17-20(27)18-16-19)25(30)29(26(24)31)22-13-7-4-3-5-8-14-22/h6,9-12,15-18,22H,2-5,7-8,13-14H2,1H3. The van der Waals surface area contributed by atoms with Gasteiger partial charge >= 0.3 is 0 Å². The van der Waals surface area contributed by atoms with Crippen molar-refractivity contribution in [3.63, 3.8) is 0 Å². The summed E-state index contributed by atoms with van der Waals surface area (Å²) in [7, 11) is 0. The first-order chi connectivity index (χ1) is 15.1. The van der Waals surface area contributed by atoms with Gasteiger partial charge in [0.25, 0.3) is 11.8 Å². The minimum Gasteiger partial charge on any atom is -0.337 e. The van der Waals surface area contributed by atoms with Gasteiger partial charge in [0, 0.05) is 18.3 Å². The summed E-state index contributed by atoms with van der Waals surface area (Å²) in [6.07, 6.45) is 7.25. The largest absolute Gasteiger partial charge is 0.337 e. The Morgan fingerprint density at radius 3 is 2.10 bits per heavy atom. The van der Waals surface area contributed by atoms with Crippen LogP contribution in [0.3, 0.4) is 0 Å². The number of anilines is 1. The number of rotatable bonds is 5. The minimum absolute atomic E-state index is 0.0808. The van der Waals surface area contributed by atoms with Gasteiger partial charge in [-0.1, -0.05) is 62.4 Å². The SMILES string of the molecule is CCN(C1=C(c2ccc(F)cc2)C(=O)N(C2CCCCCCC2)C1=O)c1ccccc1. The van der Waals surface area contributed by atoms with E-state index in [9.17, 15) is 14.0 Å². The normalized spacial score (nSPS) is 18.3. The third kappa shape index (κ3) is 4.27. The zero-order valence-electron chi connectivity index (χ0n) is 18.0. The van der Waals surface area contributed by atoms with Crippen molar-refractivity contribution in [1.82, 2.24) is 4.90 Å². The fourth-order valence-electron chi connectivity index (χ4n) is 4.76. The molecule has 0 bridgehead atoms. The van der Waals surface area contributed by atoms with E-state index in [1.54, 1.807) is 12.1 Å². The zero-order valence-corrected chi connectivity index (χ0v) is 18.0. The molecule has 0 atom stereocenters. The Morgan fingerprint density at radius 1 is 0.871 bits per heavy atom. The van der Waals surface area contributed by atoms with Gasteiger partial charge in [-0.2, -0.15) is 0 Å². The fourth-order valence-corrected chi connectivity index (χ4v) is 4.76. The third-order valence-corrected chi connectivity index (χ3v) is 6.32. The van der Waals surface area contributed by atoms with Crippen LogP contribution in [-0.4, -0.2) is 29.3 Å². The number of benzene rings is 2. The molecule has 1 saturated carbocycles. The van der Waals surface area contributed by atoms with Crippen molar-refractivity contribution in [2.45, 2.75) is 57.9 Å². The minimum atomic E-state index is -0.366. The Bertz CT molecular complexity index is 961. The lowest BCUT2D eigenvalue weighted by atomic mass is 9.95. The van der Waals surface area contributed by atoms with Crippen LogP contribution in [0.25, 0.3) is 5.57 Å². The number of halogens is 1. The maximum atomic E-state index is 13.8. The lowest BCUT2D eigenvalue weighted by Gasteiger charge is -2.30. The van der Waals surface area contributed by atoms with Crippen LogP contribution in [0, 0.1) is 5.82 Å². The molecule has 2 aliphatic rings. The van der Waals surface area contributed by atoms with Gasteiger partial charge in [0.05, 0.1) is 5.57 Å². The van der Waals surface area contributed by atoms with Gasteiger partial charge in [-0.05, 0) is 49.6 Å². The zero-order chi connectivity index (χ0) is 21.8. The van der Waals surface area contributed by atoms with Crippen LogP contribution in [-0.2, 0) is 9.59 Å². The highest BCUT2D eigenvalue weighted by molar-refractivity contribution is 6.36. The molecule has 1 aliphatic heterocycles. The van der Waals surface area contributed by atoms with Gasteiger partial charge in [0.1, 0.15) is 11.5 Å². The highest BCUT2D eigenvalue weighted by atomic mass is 19.1. The monoisotopic (exact) mass is 420 g/mol. The molecule has 2 aromatic rings. The molecule has 1 heterocycles. The predicted molar refractivity (Wildman–Crippen MR) is 121 cm³/mol. The summed E-state index contributed by atoms with van der Waals surface area (Å²) in [6, 6.07) is 15.4. The second-order valence-corrected chi connectivity index (χ2v) is 8.29. The summed E-state index contributed by atoms with van der Waals surface area (Å²) >= 11 is 0. The van der Waals surface area contributed by atoms with Crippen LogP contribution < -0.4 is 4.90 Å². The summed E-state index contributed by atoms with van der Waals surface area (Å²) < 4.78 is 13.6. The van der Waals surface area contributed by atoms with Crippen molar-refractivity contribution in [2.75, 3.05) is 11.4 Å². The number of hydrogen-bond acceptors (Lipinski definition) is 3. The van der Waals surface area contributed by atoms with Crippen molar-refractivity contribution >= 4 is 23.1 Å². The van der Waals surface area contributed by atoms with Crippen molar-refractivity contribution < 1.29 is 14.0 Å². The molecular weight excluding hydrogens is 391 g/mol. The number of likely N-dealkylation sites (N-methyl/N-ethyl adjacent to an activating group) is 1. The second kappa shape index (κ2) is 9.46. The molecule has 1 fully saturated rings. The Balaban J connectivity index is 1.80. The molecular formula is C26H29FN2O2. The molecule has 162 valence electrons. The van der Waals surface area contributed by atoms with E-state index in [0.29, 0.717) is 23.4 Å². The van der Waals surface area contributed by atoms with E-state index in [1.165, 1.54) is 23.5 Å². The maximum Gasteiger partial charge on any atom is 0.278 e. The van der Waals surface area contributed by atoms with Gasteiger partial charge in [-0.25, -0.2) is 4.39 Å². The number of imide groups is 1. The maximum absolute atomic E-state index is 13.8. The first-order valence-electron chi connectivity index (χ1n) is 11.3. The van der Waals surface area contributed by atoms with Gasteiger partial charge in [0.15, 0.2) is 0 Å². The highest BCUT2D eigenvalue weighted by Crippen LogP contribution is 2.37. The van der Waals surface area contributed by atoms with E-state index in [2.05, 4.69) is 0 Å². The van der Waals surface area contributed by atoms with Crippen molar-refractivity contribution in [3.05, 3.63) is 71.7 Å². The van der Waals surface area contributed by atoms with E-state index in [0.717, 1.165) is 44.2 Å². The molecule has 0 radical (unpaired) electrons. The molecule has 4 rings (SSSR count). The first-order valence-corrected chi connectivity index (χ1v) is 11.3. The summed E-state index contributed by atoms with van der Waals surface area (Å²) in [4.78, 5) is 30.9. The quantitative estimate of drug-likeness (QED) is 0.596. The lowest BCUT2D eigenvalue weighted by Crippen LogP contribution is -2.43. The van der Waals surface area contributed by atoms with Gasteiger partial charge < -0.3 is 4.90 Å². The molecule has 4 nitrogen and oxygen atoms in total. The van der Waals surface area contributed by atoms with Crippen LogP contribution >= 0.6 is 0 Å². The molecule has 0 saturated heterocycles. The van der Waals surface area contributed by atoms with Crippen LogP contribution in [0.4, 0.5) is 10.1 Å². The van der Waals surface area contributed by atoms with E-state index in [4.69, 9.17) is 0 Å². The summed E-state index contributed by atoms with van der Waals surface area (Å²) in [6.45, 7) is 2.51. The highest BCUT2D eigenvalue weighted by Gasteiger charge is 2.44. The predicted octanol–water partition coefficient (Wildman–Crippen LogP) is 5.55. The van der Waals surface area contributed by atoms with Gasteiger partial charge in [-0.15, -0.1) is 0 Å². The molecule has 5 heteroatoms. The number of nitrogens with zero attached hydrogens (tertiary/aromatic N) is 2. The smallest absolute Gasteiger partial charge is 0.278 e. The van der Waals surface area contributed by atoms with Crippen LogP contribution in [0.15, 0.2) is 60.3 Å². The van der Waals surface area contributed by atoms with Crippen LogP contribution in [0.5, 0.6) is 0 Å². The third-order valence-electron chi connectivity index (χ3n) is 6.32. The van der Waals surface area contributed by atoms with E-state index < -0.39 is 0 Å². The second-order valence-electron chi connectivity index (χ2n) is 8.29. The Kier molecular flexibility index (Phi) is 6.50. The summed E-state index contributed by atoms with van der Waals surface area (Å²) in [5, 5.41) is 0. The molecule has 31 heavy (non-hydrogen) atoms. The summed E-state index contributed by atoms with van der Waals surface area (Å²) in [5.74, 6) is -0.859. The van der Waals surface area contributed by atoms with E-state index in [-0.39, 0.29) is 23.7 Å². The number of para-hydroxylation sites is 1. The van der Waals surface area contributed by atoms with E-state index in [1.807, 2.05) is 42.2 Å². The molecule has 2 aromatic carbocycles. The first kappa shape index (κ1) is 21.3. The summed E-state index contributed by atoms with van der Waals surface area (Å²) in [5.41, 5.74) is 2.21. The van der Waals surface area contributed by atoms with Crippen LogP contribution in [0.2, 0.25) is 0 Å². The molecule has 0 aromatic heterocycles. The van der Waals surface area contributed by atoms with E-state index >= 15 is 0 Å². The molecule has 0 N–H and O–H groups in total. The number of amides is 2. The number of carbonyl (C=O) groups is 2. The Labute approximate surface area is 183 Å². The molecule has 0 spiro atoms. The molecule has 2 amide bonds. The number of carbonyl (C=O) groups excluding carboxylic acids is 2. The average molecular weight is 421 g/mol.